The van der Waals surface area contributed by atoms with Crippen LogP contribution in [0.4, 0.5) is 4.79 Å². The van der Waals surface area contributed by atoms with Crippen LogP contribution in [-0.4, -0.2) is 33.9 Å². The predicted octanol–water partition coefficient (Wildman–Crippen LogP) is 3.85. The van der Waals surface area contributed by atoms with E-state index >= 15 is 0 Å². The third-order valence-electron chi connectivity index (χ3n) is 7.24. The molecule has 188 valence electrons. The molecule has 2 heterocycles. The van der Waals surface area contributed by atoms with Crippen LogP contribution in [0.5, 0.6) is 11.5 Å². The number of benzene rings is 1. The van der Waals surface area contributed by atoms with E-state index in [1.165, 1.54) is 0 Å². The number of pyridine rings is 1. The van der Waals surface area contributed by atoms with Crippen LogP contribution >= 0.6 is 0 Å². The highest BCUT2D eigenvalue weighted by atomic mass is 16.7. The third kappa shape index (κ3) is 4.85. The summed E-state index contributed by atoms with van der Waals surface area (Å²) in [5.74, 6) is 0.123. The van der Waals surface area contributed by atoms with E-state index in [1.807, 2.05) is 40.7 Å². The highest BCUT2D eigenvalue weighted by Crippen LogP contribution is 2.50. The van der Waals surface area contributed by atoms with Crippen molar-refractivity contribution in [1.29, 1.82) is 0 Å². The number of aryl methyl sites for hydroxylation is 3. The van der Waals surface area contributed by atoms with Crippen molar-refractivity contribution in [2.24, 2.45) is 5.92 Å². The number of aromatic amines is 1. The maximum absolute atomic E-state index is 13.1. The quantitative estimate of drug-likeness (QED) is 0.511. The number of fused-ring (bicyclic) bond motifs is 1. The van der Waals surface area contributed by atoms with Gasteiger partial charge in [0.1, 0.15) is 0 Å². The van der Waals surface area contributed by atoms with Crippen LogP contribution in [0.3, 0.4) is 0 Å². The van der Waals surface area contributed by atoms with Gasteiger partial charge < -0.3 is 30.2 Å². The zero-order valence-corrected chi connectivity index (χ0v) is 20.8. The zero-order chi connectivity index (χ0) is 25.5. The number of aromatic nitrogens is 1. The van der Waals surface area contributed by atoms with Gasteiger partial charge in [-0.05, 0) is 76.6 Å². The van der Waals surface area contributed by atoms with Gasteiger partial charge in [0.2, 0.25) is 0 Å². The first-order chi connectivity index (χ1) is 16.5. The Balaban J connectivity index is 1.49. The molecule has 4 rings (SSSR count). The van der Waals surface area contributed by atoms with E-state index < -0.39 is 11.9 Å². The summed E-state index contributed by atoms with van der Waals surface area (Å²) in [5.41, 5.74) is 3.89. The Labute approximate surface area is 204 Å². The lowest BCUT2D eigenvalue weighted by atomic mass is 9.81. The van der Waals surface area contributed by atoms with Crippen LogP contribution < -0.4 is 25.7 Å². The highest BCUT2D eigenvalue weighted by molar-refractivity contribution is 5.97. The molecule has 4 N–H and O–H groups in total. The second kappa shape index (κ2) is 9.28. The molecule has 0 bridgehead atoms. The molecule has 0 spiro atoms. The largest absolute Gasteiger partial charge is 0.465 e. The molecule has 2 aliphatic rings. The van der Waals surface area contributed by atoms with Crippen molar-refractivity contribution in [2.45, 2.75) is 78.7 Å². The first-order valence-corrected chi connectivity index (χ1v) is 12.0. The summed E-state index contributed by atoms with van der Waals surface area (Å²) in [6.45, 7) is 9.42. The summed E-state index contributed by atoms with van der Waals surface area (Å²) in [5, 5.41) is 14.4. The molecule has 1 aromatic heterocycles. The van der Waals surface area contributed by atoms with E-state index in [4.69, 9.17) is 14.6 Å². The summed E-state index contributed by atoms with van der Waals surface area (Å²) in [6.07, 6.45) is 1.98. The second-order valence-electron chi connectivity index (χ2n) is 9.87. The molecule has 1 aliphatic heterocycles. The molecule has 1 atom stereocenters. The number of hydrogen-bond donors (Lipinski definition) is 4. The topological polar surface area (TPSA) is 130 Å². The lowest BCUT2D eigenvalue weighted by molar-refractivity contribution is -0.121. The molecular weight excluding hydrogens is 450 g/mol. The molecule has 2 amide bonds. The van der Waals surface area contributed by atoms with Gasteiger partial charge in [-0.25, -0.2) is 4.79 Å². The van der Waals surface area contributed by atoms with Crippen molar-refractivity contribution in [3.63, 3.8) is 0 Å². The number of carbonyl (C=O) groups is 2. The van der Waals surface area contributed by atoms with E-state index in [1.54, 1.807) is 6.07 Å². The molecule has 0 unspecified atom stereocenters. The monoisotopic (exact) mass is 483 g/mol. The van der Waals surface area contributed by atoms with Gasteiger partial charge in [0, 0.05) is 47.8 Å². The minimum Gasteiger partial charge on any atom is -0.465 e. The number of carboxylic acid groups (broad SMARTS) is 1. The Bertz CT molecular complexity index is 1230. The van der Waals surface area contributed by atoms with Crippen molar-refractivity contribution in [2.75, 3.05) is 0 Å². The van der Waals surface area contributed by atoms with E-state index in [2.05, 4.69) is 15.6 Å². The van der Waals surface area contributed by atoms with Crippen LogP contribution in [0, 0.1) is 33.6 Å². The van der Waals surface area contributed by atoms with Crippen LogP contribution in [0.2, 0.25) is 0 Å². The van der Waals surface area contributed by atoms with Crippen molar-refractivity contribution in [1.82, 2.24) is 15.6 Å². The van der Waals surface area contributed by atoms with Crippen LogP contribution in [0.1, 0.15) is 70.9 Å². The maximum atomic E-state index is 13.1. The first kappa shape index (κ1) is 24.6. The van der Waals surface area contributed by atoms with Gasteiger partial charge in [-0.2, -0.15) is 0 Å². The zero-order valence-electron chi connectivity index (χ0n) is 20.8. The van der Waals surface area contributed by atoms with Gasteiger partial charge in [0.15, 0.2) is 11.5 Å². The highest BCUT2D eigenvalue weighted by Gasteiger charge is 2.47. The summed E-state index contributed by atoms with van der Waals surface area (Å²) in [6, 6.07) is 3.61. The fraction of sp³-hybridized carbons (Fsp3) is 0.500. The van der Waals surface area contributed by atoms with E-state index in [9.17, 15) is 14.4 Å². The van der Waals surface area contributed by atoms with Gasteiger partial charge in [-0.15, -0.1) is 0 Å². The molecule has 35 heavy (non-hydrogen) atoms. The molecule has 0 radical (unpaired) electrons. The van der Waals surface area contributed by atoms with Gasteiger partial charge in [-0.3, -0.25) is 9.59 Å². The Morgan fingerprint density at radius 1 is 1.06 bits per heavy atom. The number of nitrogens with one attached hydrogen (secondary N) is 3. The van der Waals surface area contributed by atoms with Crippen molar-refractivity contribution in [3.05, 3.63) is 56.0 Å². The lowest BCUT2D eigenvalue weighted by Crippen LogP contribution is -2.47. The van der Waals surface area contributed by atoms with E-state index in [0.29, 0.717) is 28.2 Å². The standard InChI is InChI=1S/C26H33N3O6/c1-13-10-15(3)28-24(31)20(13)12-27-23(30)19-11-14(2)21-22(16(19)4)35-26(5,34-21)17-6-8-18(9-7-17)29-25(32)33/h10-11,17-18,29H,6-9,12H2,1-5H3,(H,27,30)(H,28,31)(H,32,33)/t17-,18-,26-/m0/s1. The third-order valence-corrected chi connectivity index (χ3v) is 7.24. The van der Waals surface area contributed by atoms with Gasteiger partial charge in [-0.1, -0.05) is 0 Å². The van der Waals surface area contributed by atoms with Crippen molar-refractivity contribution < 1.29 is 24.2 Å². The first-order valence-electron chi connectivity index (χ1n) is 12.0. The average molecular weight is 484 g/mol. The van der Waals surface area contributed by atoms with E-state index in [-0.39, 0.29) is 30.0 Å². The second-order valence-corrected chi connectivity index (χ2v) is 9.87. The smallest absolute Gasteiger partial charge is 0.404 e. The Morgan fingerprint density at radius 2 is 1.71 bits per heavy atom. The SMILES string of the molecule is Cc1cc(C)c(CNC(=O)c2cc(C)c3c(c2C)O[C@@](C)([C@H]2CC[C@H](NC(=O)O)CC2)O3)c(=O)[nH]1. The fourth-order valence-corrected chi connectivity index (χ4v) is 5.24. The fourth-order valence-electron chi connectivity index (χ4n) is 5.24. The number of amides is 2. The normalized spacial score (nSPS) is 23.1. The van der Waals surface area contributed by atoms with Gasteiger partial charge >= 0.3 is 6.09 Å². The summed E-state index contributed by atoms with van der Waals surface area (Å²) >= 11 is 0. The molecule has 0 saturated heterocycles. The lowest BCUT2D eigenvalue weighted by Gasteiger charge is -2.37. The van der Waals surface area contributed by atoms with E-state index in [0.717, 1.165) is 42.5 Å². The Kier molecular flexibility index (Phi) is 6.53. The summed E-state index contributed by atoms with van der Waals surface area (Å²) in [4.78, 5) is 39.1. The van der Waals surface area contributed by atoms with Crippen LogP contribution in [-0.2, 0) is 6.54 Å². The van der Waals surface area contributed by atoms with Gasteiger partial charge in [0.05, 0.1) is 0 Å². The average Bonchev–Trinajstić information content (AvgIpc) is 3.15. The number of ether oxygens (including phenoxy) is 2. The number of carbonyl (C=O) groups excluding carboxylic acids is 1. The molecule has 9 heteroatoms. The molecular formula is C26H33N3O6. The Morgan fingerprint density at radius 3 is 2.34 bits per heavy atom. The van der Waals surface area contributed by atoms with Crippen molar-refractivity contribution >= 4 is 12.0 Å². The van der Waals surface area contributed by atoms with Crippen LogP contribution in [0.15, 0.2) is 16.9 Å². The minimum absolute atomic E-state index is 0.0562. The predicted molar refractivity (Wildman–Crippen MR) is 130 cm³/mol. The Hall–Kier alpha value is -3.49. The maximum Gasteiger partial charge on any atom is 0.404 e. The molecule has 1 fully saturated rings. The molecule has 1 saturated carbocycles. The van der Waals surface area contributed by atoms with Gasteiger partial charge in [0.25, 0.3) is 17.3 Å². The molecule has 1 aliphatic carbocycles. The molecule has 9 nitrogen and oxygen atoms in total. The van der Waals surface area contributed by atoms with Crippen molar-refractivity contribution in [3.8, 4) is 11.5 Å². The summed E-state index contributed by atoms with van der Waals surface area (Å²) < 4.78 is 12.7. The number of hydrogen-bond acceptors (Lipinski definition) is 5. The molecule has 2 aromatic rings. The number of H-pyrrole nitrogens is 1. The van der Waals surface area contributed by atoms with Crippen LogP contribution in [0.25, 0.3) is 0 Å². The minimum atomic E-state index is -1.00. The summed E-state index contributed by atoms with van der Waals surface area (Å²) in [7, 11) is 0. The number of rotatable bonds is 5. The molecule has 1 aromatic carbocycles.